The second kappa shape index (κ2) is 6.78. The predicted octanol–water partition coefficient (Wildman–Crippen LogP) is 2.65. The second-order valence-electron chi connectivity index (χ2n) is 4.86. The lowest BCUT2D eigenvalue weighted by Gasteiger charge is -2.10. The summed E-state index contributed by atoms with van der Waals surface area (Å²) in [6, 6.07) is 5.15. The molecule has 1 unspecified atom stereocenters. The summed E-state index contributed by atoms with van der Waals surface area (Å²) in [7, 11) is 0. The average Bonchev–Trinajstić information content (AvgIpc) is 2.83. The van der Waals surface area contributed by atoms with Crippen LogP contribution in [-0.2, 0) is 11.3 Å². The number of hydrogen-bond acceptors (Lipinski definition) is 3. The van der Waals surface area contributed by atoms with E-state index in [9.17, 15) is 27.5 Å². The SMILES string of the molecule is O=C(CC(O)c1cccc(F)c1)Nc1cnn(CC(F)(F)F)c1. The van der Waals surface area contributed by atoms with Gasteiger partial charge in [0, 0.05) is 6.20 Å². The van der Waals surface area contributed by atoms with E-state index in [0.717, 1.165) is 18.5 Å². The molecule has 0 bridgehead atoms. The van der Waals surface area contributed by atoms with Crippen LogP contribution in [-0.4, -0.2) is 27.0 Å². The van der Waals surface area contributed by atoms with Crippen LogP contribution in [0, 0.1) is 5.82 Å². The third kappa shape index (κ3) is 5.37. The van der Waals surface area contributed by atoms with Gasteiger partial charge in [-0.3, -0.25) is 9.48 Å². The Morgan fingerprint density at radius 2 is 2.13 bits per heavy atom. The molecular weight excluding hydrogens is 318 g/mol. The molecule has 9 heteroatoms. The van der Waals surface area contributed by atoms with Gasteiger partial charge < -0.3 is 10.4 Å². The van der Waals surface area contributed by atoms with E-state index >= 15 is 0 Å². The predicted molar refractivity (Wildman–Crippen MR) is 72.9 cm³/mol. The summed E-state index contributed by atoms with van der Waals surface area (Å²) in [5.41, 5.74) is 0.304. The van der Waals surface area contributed by atoms with E-state index in [2.05, 4.69) is 10.4 Å². The number of halogens is 4. The minimum atomic E-state index is -4.42. The molecule has 23 heavy (non-hydrogen) atoms. The van der Waals surface area contributed by atoms with Crippen LogP contribution in [0.25, 0.3) is 0 Å². The normalized spacial score (nSPS) is 12.9. The van der Waals surface area contributed by atoms with Gasteiger partial charge in [0.05, 0.1) is 24.4 Å². The number of nitrogens with zero attached hydrogens (tertiary/aromatic N) is 2. The lowest BCUT2D eigenvalue weighted by Crippen LogP contribution is -2.18. The summed E-state index contributed by atoms with van der Waals surface area (Å²) in [6.07, 6.45) is -3.91. The number of benzene rings is 1. The highest BCUT2D eigenvalue weighted by Crippen LogP contribution is 2.20. The van der Waals surface area contributed by atoms with Gasteiger partial charge in [-0.25, -0.2) is 4.39 Å². The molecule has 0 aliphatic heterocycles. The van der Waals surface area contributed by atoms with E-state index in [1.807, 2.05) is 0 Å². The van der Waals surface area contributed by atoms with Crippen LogP contribution >= 0.6 is 0 Å². The van der Waals surface area contributed by atoms with Crippen molar-refractivity contribution < 1.29 is 27.5 Å². The maximum atomic E-state index is 13.0. The molecule has 5 nitrogen and oxygen atoms in total. The Hall–Kier alpha value is -2.42. The van der Waals surface area contributed by atoms with E-state index in [1.54, 1.807) is 0 Å². The Morgan fingerprint density at radius 1 is 1.39 bits per heavy atom. The van der Waals surface area contributed by atoms with E-state index in [0.29, 0.717) is 4.68 Å². The molecule has 0 aliphatic rings. The number of aliphatic hydroxyl groups excluding tert-OH is 1. The lowest BCUT2D eigenvalue weighted by molar-refractivity contribution is -0.142. The Kier molecular flexibility index (Phi) is 4.99. The van der Waals surface area contributed by atoms with Gasteiger partial charge >= 0.3 is 6.18 Å². The van der Waals surface area contributed by atoms with Crippen molar-refractivity contribution in [2.24, 2.45) is 0 Å². The Morgan fingerprint density at radius 3 is 2.78 bits per heavy atom. The Balaban J connectivity index is 1.92. The number of rotatable bonds is 5. The molecule has 0 spiro atoms. The molecular formula is C14H13F4N3O2. The van der Waals surface area contributed by atoms with Crippen LogP contribution in [0.1, 0.15) is 18.1 Å². The van der Waals surface area contributed by atoms with Gasteiger partial charge in [-0.05, 0) is 17.7 Å². The van der Waals surface area contributed by atoms with Crippen molar-refractivity contribution in [1.29, 1.82) is 0 Å². The van der Waals surface area contributed by atoms with Crippen molar-refractivity contribution in [3.05, 3.63) is 48.0 Å². The molecule has 0 saturated heterocycles. The number of hydrogen-bond donors (Lipinski definition) is 2. The highest BCUT2D eigenvalue weighted by Gasteiger charge is 2.28. The maximum Gasteiger partial charge on any atom is 0.408 e. The molecule has 1 aromatic heterocycles. The molecule has 1 atom stereocenters. The van der Waals surface area contributed by atoms with Gasteiger partial charge in [-0.1, -0.05) is 12.1 Å². The Labute approximate surface area is 128 Å². The first-order valence-corrected chi connectivity index (χ1v) is 6.55. The fourth-order valence-corrected chi connectivity index (χ4v) is 1.92. The molecule has 1 amide bonds. The third-order valence-electron chi connectivity index (χ3n) is 2.87. The van der Waals surface area contributed by atoms with Crippen LogP contribution in [0.2, 0.25) is 0 Å². The molecule has 2 N–H and O–H groups in total. The van der Waals surface area contributed by atoms with E-state index in [4.69, 9.17) is 0 Å². The summed E-state index contributed by atoms with van der Waals surface area (Å²) < 4.78 is 50.3. The summed E-state index contributed by atoms with van der Waals surface area (Å²) in [5, 5.41) is 15.6. The number of aliphatic hydroxyl groups is 1. The molecule has 124 valence electrons. The fourth-order valence-electron chi connectivity index (χ4n) is 1.92. The minimum absolute atomic E-state index is 0.0747. The van der Waals surface area contributed by atoms with Gasteiger partial charge in [-0.15, -0.1) is 0 Å². The Bertz CT molecular complexity index is 685. The highest BCUT2D eigenvalue weighted by atomic mass is 19.4. The number of alkyl halides is 3. The monoisotopic (exact) mass is 331 g/mol. The van der Waals surface area contributed by atoms with Crippen LogP contribution in [0.5, 0.6) is 0 Å². The minimum Gasteiger partial charge on any atom is -0.388 e. The number of carbonyl (C=O) groups is 1. The van der Waals surface area contributed by atoms with Crippen molar-refractivity contribution in [2.45, 2.75) is 25.2 Å². The van der Waals surface area contributed by atoms with Gasteiger partial charge in [0.25, 0.3) is 0 Å². The number of carbonyl (C=O) groups excluding carboxylic acids is 1. The standard InChI is InChI=1S/C14H13F4N3O2/c15-10-3-1-2-9(4-10)12(22)5-13(23)20-11-6-19-21(7-11)8-14(16,17)18/h1-4,6-7,12,22H,5,8H2,(H,20,23). The summed E-state index contributed by atoms with van der Waals surface area (Å²) in [6.45, 7) is -1.27. The molecule has 1 aromatic carbocycles. The number of nitrogens with one attached hydrogen (secondary N) is 1. The highest BCUT2D eigenvalue weighted by molar-refractivity contribution is 5.90. The second-order valence-corrected chi connectivity index (χ2v) is 4.86. The van der Waals surface area contributed by atoms with Crippen molar-refractivity contribution in [1.82, 2.24) is 9.78 Å². The zero-order valence-electron chi connectivity index (χ0n) is 11.7. The fraction of sp³-hybridized carbons (Fsp3) is 0.286. The number of aromatic nitrogens is 2. The summed E-state index contributed by atoms with van der Waals surface area (Å²) in [5.74, 6) is -1.18. The zero-order chi connectivity index (χ0) is 17.0. The molecule has 2 rings (SSSR count). The van der Waals surface area contributed by atoms with Gasteiger partial charge in [0.15, 0.2) is 0 Å². The molecule has 1 heterocycles. The average molecular weight is 331 g/mol. The first-order valence-electron chi connectivity index (χ1n) is 6.55. The van der Waals surface area contributed by atoms with Crippen molar-refractivity contribution >= 4 is 11.6 Å². The lowest BCUT2D eigenvalue weighted by atomic mass is 10.1. The van der Waals surface area contributed by atoms with Gasteiger partial charge in [0.2, 0.25) is 5.91 Å². The topological polar surface area (TPSA) is 67.2 Å². The molecule has 0 radical (unpaired) electrons. The maximum absolute atomic E-state index is 13.0. The summed E-state index contributed by atoms with van der Waals surface area (Å²) in [4.78, 5) is 11.8. The number of anilines is 1. The summed E-state index contributed by atoms with van der Waals surface area (Å²) >= 11 is 0. The third-order valence-corrected chi connectivity index (χ3v) is 2.87. The quantitative estimate of drug-likeness (QED) is 0.828. The van der Waals surface area contributed by atoms with E-state index < -0.39 is 30.5 Å². The van der Waals surface area contributed by atoms with Gasteiger partial charge in [-0.2, -0.15) is 18.3 Å². The van der Waals surface area contributed by atoms with E-state index in [-0.39, 0.29) is 17.7 Å². The van der Waals surface area contributed by atoms with Crippen LogP contribution < -0.4 is 5.32 Å². The van der Waals surface area contributed by atoms with Crippen LogP contribution in [0.15, 0.2) is 36.7 Å². The first-order chi connectivity index (χ1) is 10.7. The van der Waals surface area contributed by atoms with Crippen molar-refractivity contribution in [3.63, 3.8) is 0 Å². The van der Waals surface area contributed by atoms with E-state index in [1.165, 1.54) is 18.2 Å². The van der Waals surface area contributed by atoms with Crippen LogP contribution in [0.3, 0.4) is 0 Å². The molecule has 2 aromatic rings. The smallest absolute Gasteiger partial charge is 0.388 e. The van der Waals surface area contributed by atoms with Gasteiger partial charge in [0.1, 0.15) is 12.4 Å². The van der Waals surface area contributed by atoms with Crippen molar-refractivity contribution in [3.8, 4) is 0 Å². The van der Waals surface area contributed by atoms with Crippen molar-refractivity contribution in [2.75, 3.05) is 5.32 Å². The molecule has 0 saturated carbocycles. The largest absolute Gasteiger partial charge is 0.408 e. The number of amides is 1. The molecule has 0 fully saturated rings. The zero-order valence-corrected chi connectivity index (χ0v) is 11.7. The molecule has 0 aliphatic carbocycles. The first kappa shape index (κ1) is 16.9. The van der Waals surface area contributed by atoms with Crippen LogP contribution in [0.4, 0.5) is 23.2 Å².